The molecule has 1 aliphatic heterocycles. The zero-order valence-electron chi connectivity index (χ0n) is 21.2. The predicted molar refractivity (Wildman–Crippen MR) is 129 cm³/mol. The molecule has 1 aromatic heterocycles. The van der Waals surface area contributed by atoms with Crippen LogP contribution in [0.3, 0.4) is 0 Å². The van der Waals surface area contributed by atoms with Crippen LogP contribution in [0.5, 0.6) is 5.75 Å². The van der Waals surface area contributed by atoms with E-state index in [-0.39, 0.29) is 17.5 Å². The third kappa shape index (κ3) is 6.79. The van der Waals surface area contributed by atoms with E-state index in [1.807, 2.05) is 4.90 Å². The standard InChI is InChI=1S/C26H23F7N4O3/c1-15-9-19(27)3-4-20(15)22-21(13-34-23(35-22)37-5-7-39-8-6-37)40-24(38)36(2)14-16-10-17(25(28,29)30)12-18(11-16)26(31,32)33/h3-4,9-13H,5-8,14H2,1-2H3. The molecule has 2 aromatic carbocycles. The molecule has 0 bridgehead atoms. The van der Waals surface area contributed by atoms with Crippen LogP contribution in [-0.4, -0.2) is 54.3 Å². The van der Waals surface area contributed by atoms with Crippen molar-refractivity contribution in [3.8, 4) is 17.0 Å². The van der Waals surface area contributed by atoms with E-state index in [1.54, 1.807) is 6.92 Å². The van der Waals surface area contributed by atoms with Crippen LogP contribution in [-0.2, 0) is 23.6 Å². The van der Waals surface area contributed by atoms with Crippen molar-refractivity contribution in [1.82, 2.24) is 14.9 Å². The topological polar surface area (TPSA) is 67.8 Å². The minimum absolute atomic E-state index is 0.00643. The Morgan fingerprint density at radius 1 is 1.02 bits per heavy atom. The predicted octanol–water partition coefficient (Wildman–Crippen LogP) is 6.10. The van der Waals surface area contributed by atoms with Gasteiger partial charge in [-0.05, 0) is 54.4 Å². The number of amides is 1. The number of alkyl halides is 6. The Morgan fingerprint density at radius 2 is 1.65 bits per heavy atom. The number of carbonyl (C=O) groups is 1. The highest BCUT2D eigenvalue weighted by Crippen LogP contribution is 2.37. The lowest BCUT2D eigenvalue weighted by atomic mass is 10.0. The van der Waals surface area contributed by atoms with E-state index in [0.29, 0.717) is 55.5 Å². The van der Waals surface area contributed by atoms with Crippen LogP contribution in [0.15, 0.2) is 42.6 Å². The molecule has 1 saturated heterocycles. The molecule has 1 aliphatic rings. The van der Waals surface area contributed by atoms with Gasteiger partial charge in [0.2, 0.25) is 5.95 Å². The van der Waals surface area contributed by atoms with E-state index >= 15 is 0 Å². The van der Waals surface area contributed by atoms with Crippen molar-refractivity contribution >= 4 is 12.0 Å². The fourth-order valence-electron chi connectivity index (χ4n) is 4.06. The fraction of sp³-hybridized carbons (Fsp3) is 0.346. The normalized spacial score (nSPS) is 14.3. The van der Waals surface area contributed by atoms with Crippen molar-refractivity contribution in [2.45, 2.75) is 25.8 Å². The largest absolute Gasteiger partial charge is 0.416 e. The summed E-state index contributed by atoms with van der Waals surface area (Å²) in [5, 5.41) is 0. The van der Waals surface area contributed by atoms with E-state index in [1.165, 1.54) is 24.4 Å². The number of rotatable bonds is 5. The Morgan fingerprint density at radius 3 is 2.23 bits per heavy atom. The van der Waals surface area contributed by atoms with Gasteiger partial charge in [-0.3, -0.25) is 0 Å². The monoisotopic (exact) mass is 572 g/mol. The van der Waals surface area contributed by atoms with Gasteiger partial charge in [0, 0.05) is 32.2 Å². The van der Waals surface area contributed by atoms with Gasteiger partial charge in [-0.1, -0.05) is 0 Å². The molecule has 40 heavy (non-hydrogen) atoms. The molecule has 214 valence electrons. The smallest absolute Gasteiger partial charge is 0.406 e. The molecule has 1 amide bonds. The summed E-state index contributed by atoms with van der Waals surface area (Å²) in [6.45, 7) is 2.89. The van der Waals surface area contributed by atoms with Crippen LogP contribution in [0.2, 0.25) is 0 Å². The van der Waals surface area contributed by atoms with Gasteiger partial charge in [-0.25, -0.2) is 19.2 Å². The highest BCUT2D eigenvalue weighted by atomic mass is 19.4. The maximum Gasteiger partial charge on any atom is 0.416 e. The van der Waals surface area contributed by atoms with E-state index in [0.717, 1.165) is 11.9 Å². The lowest BCUT2D eigenvalue weighted by Crippen LogP contribution is -2.37. The van der Waals surface area contributed by atoms with Crippen molar-refractivity contribution in [1.29, 1.82) is 0 Å². The zero-order chi connectivity index (χ0) is 29.2. The van der Waals surface area contributed by atoms with Crippen LogP contribution in [0, 0.1) is 12.7 Å². The number of anilines is 1. The number of hydrogen-bond donors (Lipinski definition) is 0. The third-order valence-corrected chi connectivity index (χ3v) is 6.06. The molecule has 2 heterocycles. The maximum absolute atomic E-state index is 13.8. The molecule has 0 spiro atoms. The van der Waals surface area contributed by atoms with Gasteiger partial charge < -0.3 is 19.3 Å². The molecule has 14 heteroatoms. The number of halogens is 7. The van der Waals surface area contributed by atoms with Gasteiger partial charge >= 0.3 is 18.4 Å². The first-order chi connectivity index (χ1) is 18.7. The SMILES string of the molecule is Cc1cc(F)ccc1-c1nc(N2CCOCC2)ncc1OC(=O)N(C)Cc1cc(C(F)(F)F)cc(C(F)(F)F)c1. The number of benzene rings is 2. The van der Waals surface area contributed by atoms with E-state index in [9.17, 15) is 35.5 Å². The van der Waals surface area contributed by atoms with Gasteiger partial charge in [0.05, 0.1) is 30.5 Å². The fourth-order valence-corrected chi connectivity index (χ4v) is 4.06. The van der Waals surface area contributed by atoms with Crippen molar-refractivity contribution in [2.75, 3.05) is 38.3 Å². The van der Waals surface area contributed by atoms with Crippen LogP contribution >= 0.6 is 0 Å². The average molecular weight is 572 g/mol. The molecular weight excluding hydrogens is 549 g/mol. The first-order valence-corrected chi connectivity index (χ1v) is 11.9. The first-order valence-electron chi connectivity index (χ1n) is 11.9. The van der Waals surface area contributed by atoms with Gasteiger partial charge in [-0.15, -0.1) is 0 Å². The van der Waals surface area contributed by atoms with Crippen molar-refractivity contribution in [3.63, 3.8) is 0 Å². The average Bonchev–Trinajstić information content (AvgIpc) is 2.88. The second kappa shape index (κ2) is 11.3. The third-order valence-electron chi connectivity index (χ3n) is 6.06. The molecule has 7 nitrogen and oxygen atoms in total. The Hall–Kier alpha value is -3.94. The second-order valence-corrected chi connectivity index (χ2v) is 9.08. The minimum atomic E-state index is -5.03. The summed E-state index contributed by atoms with van der Waals surface area (Å²) in [6, 6.07) is 4.97. The first kappa shape index (κ1) is 29.1. The summed E-state index contributed by atoms with van der Waals surface area (Å²) in [4.78, 5) is 24.3. The van der Waals surface area contributed by atoms with E-state index < -0.39 is 47.5 Å². The van der Waals surface area contributed by atoms with Crippen LogP contribution in [0.25, 0.3) is 11.3 Å². The Kier molecular flexibility index (Phi) is 8.19. The van der Waals surface area contributed by atoms with Gasteiger partial charge in [0.1, 0.15) is 11.5 Å². The Bertz CT molecular complexity index is 1360. The van der Waals surface area contributed by atoms with Crippen molar-refractivity contribution in [3.05, 3.63) is 70.7 Å². The highest BCUT2D eigenvalue weighted by Gasteiger charge is 2.37. The van der Waals surface area contributed by atoms with E-state index in [4.69, 9.17) is 9.47 Å². The molecule has 3 aromatic rings. The lowest BCUT2D eigenvalue weighted by molar-refractivity contribution is -0.143. The molecule has 0 saturated carbocycles. The lowest BCUT2D eigenvalue weighted by Gasteiger charge is -2.27. The van der Waals surface area contributed by atoms with Crippen LogP contribution in [0.4, 0.5) is 41.5 Å². The summed E-state index contributed by atoms with van der Waals surface area (Å²) in [5.74, 6) is -0.330. The number of aryl methyl sites for hydroxylation is 1. The summed E-state index contributed by atoms with van der Waals surface area (Å²) in [7, 11) is 1.15. The number of hydrogen-bond acceptors (Lipinski definition) is 6. The van der Waals surface area contributed by atoms with Crippen molar-refractivity contribution in [2.24, 2.45) is 0 Å². The number of ether oxygens (including phenoxy) is 2. The molecule has 0 unspecified atom stereocenters. The highest BCUT2D eigenvalue weighted by molar-refractivity contribution is 5.76. The van der Waals surface area contributed by atoms with E-state index in [2.05, 4.69) is 9.97 Å². The molecular formula is C26H23F7N4O3. The zero-order valence-corrected chi connectivity index (χ0v) is 21.2. The molecule has 0 aliphatic carbocycles. The quantitative estimate of drug-likeness (QED) is 0.345. The van der Waals surface area contributed by atoms with Crippen LogP contribution < -0.4 is 9.64 Å². The molecule has 0 atom stereocenters. The summed E-state index contributed by atoms with van der Waals surface area (Å²) < 4.78 is 104. The molecule has 1 fully saturated rings. The molecule has 0 N–H and O–H groups in total. The van der Waals surface area contributed by atoms with Crippen LogP contribution in [0.1, 0.15) is 22.3 Å². The number of nitrogens with zero attached hydrogens (tertiary/aromatic N) is 4. The number of carbonyl (C=O) groups excluding carboxylic acids is 1. The van der Waals surface area contributed by atoms with Gasteiger partial charge in [-0.2, -0.15) is 26.3 Å². The van der Waals surface area contributed by atoms with Crippen molar-refractivity contribution < 1.29 is 45.0 Å². The summed E-state index contributed by atoms with van der Waals surface area (Å²) >= 11 is 0. The number of morpholine rings is 1. The summed E-state index contributed by atoms with van der Waals surface area (Å²) in [6.07, 6.45) is -9.92. The number of aromatic nitrogens is 2. The Labute approximate surface area is 224 Å². The second-order valence-electron chi connectivity index (χ2n) is 9.08. The Balaban J connectivity index is 1.63. The maximum atomic E-state index is 13.8. The summed E-state index contributed by atoms with van der Waals surface area (Å²) in [5.41, 5.74) is -2.36. The van der Waals surface area contributed by atoms with Gasteiger partial charge in [0.25, 0.3) is 0 Å². The van der Waals surface area contributed by atoms with Gasteiger partial charge in [0.15, 0.2) is 5.75 Å². The molecule has 0 radical (unpaired) electrons. The molecule has 4 rings (SSSR count). The minimum Gasteiger partial charge on any atom is -0.406 e.